The lowest BCUT2D eigenvalue weighted by Crippen LogP contribution is -2.49. The molecule has 1 aromatic carbocycles. The van der Waals surface area contributed by atoms with E-state index in [1.165, 1.54) is 0 Å². The topological polar surface area (TPSA) is 55.6 Å². The van der Waals surface area contributed by atoms with Gasteiger partial charge in [-0.25, -0.2) is 0 Å². The monoisotopic (exact) mass is 276 g/mol. The molecule has 0 atom stereocenters. The predicted octanol–water partition coefficient (Wildman–Crippen LogP) is 1.92. The average Bonchev–Trinajstić information content (AvgIpc) is 2.47. The van der Waals surface area contributed by atoms with Gasteiger partial charge >= 0.3 is 0 Å². The molecule has 0 saturated carbocycles. The molecular weight excluding hydrogens is 252 g/mol. The van der Waals surface area contributed by atoms with Gasteiger partial charge in [-0.3, -0.25) is 4.79 Å². The summed E-state index contributed by atoms with van der Waals surface area (Å²) < 4.78 is 5.16. The normalized spacial score (nSPS) is 17.1. The zero-order valence-corrected chi connectivity index (χ0v) is 12.6. The zero-order chi connectivity index (χ0) is 14.8. The SMILES string of the molecule is COc1ccc(C(C)(C)C(=O)N2CCC(N)CC2)cc1. The van der Waals surface area contributed by atoms with E-state index in [9.17, 15) is 4.79 Å². The Morgan fingerprint density at radius 3 is 2.30 bits per heavy atom. The molecule has 2 N–H and O–H groups in total. The lowest BCUT2D eigenvalue weighted by atomic mass is 9.82. The number of ether oxygens (including phenoxy) is 1. The van der Waals surface area contributed by atoms with E-state index in [0.717, 1.165) is 37.2 Å². The van der Waals surface area contributed by atoms with Gasteiger partial charge in [0, 0.05) is 19.1 Å². The summed E-state index contributed by atoms with van der Waals surface area (Å²) in [5, 5.41) is 0. The molecule has 0 bridgehead atoms. The highest BCUT2D eigenvalue weighted by molar-refractivity contribution is 5.87. The van der Waals surface area contributed by atoms with Crippen LogP contribution in [0.25, 0.3) is 0 Å². The van der Waals surface area contributed by atoms with E-state index < -0.39 is 5.41 Å². The second-order valence-electron chi connectivity index (χ2n) is 5.98. The Labute approximate surface area is 120 Å². The highest BCUT2D eigenvalue weighted by atomic mass is 16.5. The highest BCUT2D eigenvalue weighted by Crippen LogP contribution is 2.28. The molecule has 20 heavy (non-hydrogen) atoms. The number of carbonyl (C=O) groups is 1. The van der Waals surface area contributed by atoms with Gasteiger partial charge in [-0.2, -0.15) is 0 Å². The third-order valence-electron chi connectivity index (χ3n) is 4.17. The lowest BCUT2D eigenvalue weighted by molar-refractivity contribution is -0.137. The van der Waals surface area contributed by atoms with Crippen LogP contribution in [0.15, 0.2) is 24.3 Å². The van der Waals surface area contributed by atoms with Gasteiger partial charge in [-0.1, -0.05) is 12.1 Å². The summed E-state index contributed by atoms with van der Waals surface area (Å²) in [4.78, 5) is 14.7. The third kappa shape index (κ3) is 2.96. The first-order valence-electron chi connectivity index (χ1n) is 7.14. The van der Waals surface area contributed by atoms with E-state index in [1.807, 2.05) is 43.0 Å². The fraction of sp³-hybridized carbons (Fsp3) is 0.562. The number of piperidine rings is 1. The van der Waals surface area contributed by atoms with Crippen LogP contribution in [0.3, 0.4) is 0 Å². The number of methoxy groups -OCH3 is 1. The van der Waals surface area contributed by atoms with E-state index in [2.05, 4.69) is 0 Å². The number of carbonyl (C=O) groups excluding carboxylic acids is 1. The first kappa shape index (κ1) is 14.9. The van der Waals surface area contributed by atoms with Crippen molar-refractivity contribution in [3.05, 3.63) is 29.8 Å². The van der Waals surface area contributed by atoms with Crippen LogP contribution in [0.1, 0.15) is 32.3 Å². The van der Waals surface area contributed by atoms with Crippen molar-refractivity contribution in [2.24, 2.45) is 5.73 Å². The van der Waals surface area contributed by atoms with Crippen molar-refractivity contribution >= 4 is 5.91 Å². The minimum atomic E-state index is -0.520. The Kier molecular flexibility index (Phi) is 4.33. The van der Waals surface area contributed by atoms with Gasteiger partial charge in [-0.15, -0.1) is 0 Å². The summed E-state index contributed by atoms with van der Waals surface area (Å²) >= 11 is 0. The highest BCUT2D eigenvalue weighted by Gasteiger charge is 2.34. The molecule has 0 unspecified atom stereocenters. The third-order valence-corrected chi connectivity index (χ3v) is 4.17. The number of nitrogens with zero attached hydrogens (tertiary/aromatic N) is 1. The van der Waals surface area contributed by atoms with Crippen LogP contribution in [0, 0.1) is 0 Å². The van der Waals surface area contributed by atoms with Crippen LogP contribution in [-0.2, 0) is 10.2 Å². The fourth-order valence-corrected chi connectivity index (χ4v) is 2.63. The van der Waals surface area contributed by atoms with Gasteiger partial charge in [0.2, 0.25) is 5.91 Å². The number of hydrogen-bond donors (Lipinski definition) is 1. The van der Waals surface area contributed by atoms with Crippen molar-refractivity contribution in [3.63, 3.8) is 0 Å². The molecule has 1 fully saturated rings. The first-order chi connectivity index (χ1) is 9.45. The predicted molar refractivity (Wildman–Crippen MR) is 79.8 cm³/mol. The molecule has 4 nitrogen and oxygen atoms in total. The molecule has 0 aromatic heterocycles. The minimum Gasteiger partial charge on any atom is -0.497 e. The number of benzene rings is 1. The number of hydrogen-bond acceptors (Lipinski definition) is 3. The van der Waals surface area contributed by atoms with E-state index >= 15 is 0 Å². The molecule has 1 aromatic rings. The quantitative estimate of drug-likeness (QED) is 0.917. The van der Waals surface area contributed by atoms with Gasteiger partial charge in [0.1, 0.15) is 5.75 Å². The molecule has 110 valence electrons. The molecule has 4 heteroatoms. The second-order valence-corrected chi connectivity index (χ2v) is 5.98. The van der Waals surface area contributed by atoms with Crippen LogP contribution in [-0.4, -0.2) is 37.0 Å². The summed E-state index contributed by atoms with van der Waals surface area (Å²) in [6, 6.07) is 7.97. The Balaban J connectivity index is 2.13. The van der Waals surface area contributed by atoms with Crippen LogP contribution < -0.4 is 10.5 Å². The maximum atomic E-state index is 12.7. The summed E-state index contributed by atoms with van der Waals surface area (Å²) in [5.74, 6) is 0.982. The standard InChI is InChI=1S/C16H24N2O2/c1-16(2,12-4-6-14(20-3)7-5-12)15(19)18-10-8-13(17)9-11-18/h4-7,13H,8-11,17H2,1-3H3. The molecule has 1 heterocycles. The van der Waals surface area contributed by atoms with Gasteiger partial charge in [0.05, 0.1) is 12.5 Å². The molecule has 0 spiro atoms. The maximum absolute atomic E-state index is 12.7. The molecule has 1 amide bonds. The maximum Gasteiger partial charge on any atom is 0.232 e. The Bertz CT molecular complexity index is 460. The van der Waals surface area contributed by atoms with Gasteiger partial charge in [0.15, 0.2) is 0 Å². The van der Waals surface area contributed by atoms with Gasteiger partial charge in [0.25, 0.3) is 0 Å². The Morgan fingerprint density at radius 2 is 1.80 bits per heavy atom. The lowest BCUT2D eigenvalue weighted by Gasteiger charge is -2.36. The van der Waals surface area contributed by atoms with Gasteiger partial charge < -0.3 is 15.4 Å². The smallest absolute Gasteiger partial charge is 0.232 e. The Morgan fingerprint density at radius 1 is 1.25 bits per heavy atom. The van der Waals surface area contributed by atoms with Crippen molar-refractivity contribution < 1.29 is 9.53 Å². The van der Waals surface area contributed by atoms with Gasteiger partial charge in [-0.05, 0) is 44.4 Å². The van der Waals surface area contributed by atoms with E-state index in [0.29, 0.717) is 0 Å². The van der Waals surface area contributed by atoms with Crippen molar-refractivity contribution in [2.45, 2.75) is 38.1 Å². The summed E-state index contributed by atoms with van der Waals surface area (Å²) in [6.07, 6.45) is 1.79. The first-order valence-corrected chi connectivity index (χ1v) is 7.14. The summed E-state index contributed by atoms with van der Waals surface area (Å²) in [7, 11) is 1.64. The second kappa shape index (κ2) is 5.83. The number of nitrogens with two attached hydrogens (primary N) is 1. The molecule has 0 radical (unpaired) electrons. The van der Waals surface area contributed by atoms with Crippen LogP contribution >= 0.6 is 0 Å². The summed E-state index contributed by atoms with van der Waals surface area (Å²) in [6.45, 7) is 5.48. The van der Waals surface area contributed by atoms with E-state index in [4.69, 9.17) is 10.5 Å². The molecular formula is C16H24N2O2. The Hall–Kier alpha value is -1.55. The zero-order valence-electron chi connectivity index (χ0n) is 12.6. The molecule has 1 aliphatic rings. The van der Waals surface area contributed by atoms with E-state index in [1.54, 1.807) is 7.11 Å². The fourth-order valence-electron chi connectivity index (χ4n) is 2.63. The molecule has 0 aliphatic carbocycles. The van der Waals surface area contributed by atoms with Crippen molar-refractivity contribution in [3.8, 4) is 5.75 Å². The number of amides is 1. The van der Waals surface area contributed by atoms with Crippen molar-refractivity contribution in [2.75, 3.05) is 20.2 Å². The van der Waals surface area contributed by atoms with Crippen molar-refractivity contribution in [1.29, 1.82) is 0 Å². The van der Waals surface area contributed by atoms with Crippen LogP contribution in [0.4, 0.5) is 0 Å². The largest absolute Gasteiger partial charge is 0.497 e. The van der Waals surface area contributed by atoms with Crippen molar-refractivity contribution in [1.82, 2.24) is 4.90 Å². The molecule has 1 aliphatic heterocycles. The number of likely N-dealkylation sites (tertiary alicyclic amines) is 1. The molecule has 1 saturated heterocycles. The van der Waals surface area contributed by atoms with E-state index in [-0.39, 0.29) is 11.9 Å². The number of rotatable bonds is 3. The average molecular weight is 276 g/mol. The summed E-state index contributed by atoms with van der Waals surface area (Å²) in [5.41, 5.74) is 6.39. The van der Waals surface area contributed by atoms with Crippen LogP contribution in [0.2, 0.25) is 0 Å². The minimum absolute atomic E-state index is 0.176. The van der Waals surface area contributed by atoms with Crippen LogP contribution in [0.5, 0.6) is 5.75 Å². The molecule has 2 rings (SSSR count).